The fourth-order valence-corrected chi connectivity index (χ4v) is 4.69. The Labute approximate surface area is 201 Å². The van der Waals surface area contributed by atoms with Gasteiger partial charge in [-0.3, -0.25) is 4.79 Å². The van der Waals surface area contributed by atoms with Gasteiger partial charge >= 0.3 is 18.9 Å². The van der Waals surface area contributed by atoms with Crippen molar-refractivity contribution in [2.24, 2.45) is 0 Å². The van der Waals surface area contributed by atoms with E-state index < -0.39 is 0 Å². The summed E-state index contributed by atoms with van der Waals surface area (Å²) in [6.45, 7) is 17.9. The first-order chi connectivity index (χ1) is 14.0. The maximum absolute atomic E-state index is 13.4. The minimum atomic E-state index is -0.110. The van der Waals surface area contributed by atoms with Crippen LogP contribution >= 0.6 is 8.58 Å². The van der Waals surface area contributed by atoms with Gasteiger partial charge in [-0.2, -0.15) is 0 Å². The minimum absolute atomic E-state index is 0. The summed E-state index contributed by atoms with van der Waals surface area (Å²) in [5, 5.41) is 0.790. The Balaban J connectivity index is 0.00000480. The molecule has 0 aliphatic carbocycles. The van der Waals surface area contributed by atoms with E-state index in [2.05, 4.69) is 12.1 Å². The molecule has 4 nitrogen and oxygen atoms in total. The number of carbonyl (C=O) groups is 1. The topological polar surface area (TPSA) is 44.8 Å². The number of hydrogen-bond donors (Lipinski definition) is 0. The van der Waals surface area contributed by atoms with Gasteiger partial charge in [-0.05, 0) is 82.0 Å². The van der Waals surface area contributed by atoms with Gasteiger partial charge in [0.25, 0.3) is 0 Å². The van der Waals surface area contributed by atoms with Crippen LogP contribution in [-0.4, -0.2) is 42.7 Å². The van der Waals surface area contributed by atoms with Crippen molar-refractivity contribution in [3.8, 4) is 17.2 Å². The summed E-state index contributed by atoms with van der Waals surface area (Å²) < 4.78 is 18.1. The molecule has 0 bridgehead atoms. The van der Waals surface area contributed by atoms with Crippen LogP contribution in [0.5, 0.6) is 17.2 Å². The third-order valence-electron chi connectivity index (χ3n) is 4.28. The Bertz CT molecular complexity index is 852. The predicted molar refractivity (Wildman–Crippen MR) is 134 cm³/mol. The zero-order chi connectivity index (χ0) is 22.6. The zero-order valence-corrected chi connectivity index (χ0v) is 20.7. The maximum atomic E-state index is 13.4. The van der Waals surface area contributed by atoms with Gasteiger partial charge in [0.2, 0.25) is 0 Å². The molecule has 6 heteroatoms. The van der Waals surface area contributed by atoms with Gasteiger partial charge in [-0.1, -0.05) is 17.7 Å². The number of ether oxygens (including phenoxy) is 3. The summed E-state index contributed by atoms with van der Waals surface area (Å²) in [6.07, 6.45) is -0.0445. The molecule has 31 heavy (non-hydrogen) atoms. The molecule has 0 aliphatic heterocycles. The monoisotopic (exact) mass is 438 g/mol. The molecule has 0 amide bonds. The van der Waals surface area contributed by atoms with E-state index >= 15 is 0 Å². The summed E-state index contributed by atoms with van der Waals surface area (Å²) in [7, 11) is -0.110. The third kappa shape index (κ3) is 7.87. The summed E-state index contributed by atoms with van der Waals surface area (Å²) in [5.41, 5.74) is 4.04. The second-order valence-corrected chi connectivity index (χ2v) is 9.73. The number of carbonyl (C=O) groups excluding carboxylic acids is 1. The SMILES string of the molecule is Cc1cc(C)c(C(=O)Pc2c(OC(C)C)cc(OC(C)C)cc2OC(C)C)c(C)c1.[LiH]. The van der Waals surface area contributed by atoms with Crippen LogP contribution in [0, 0.1) is 20.8 Å². The van der Waals surface area contributed by atoms with Crippen molar-refractivity contribution in [1.82, 2.24) is 0 Å². The molecular formula is C25H36LiO4P. The average Bonchev–Trinajstić information content (AvgIpc) is 2.55. The Morgan fingerprint density at radius 2 is 1.16 bits per heavy atom. The van der Waals surface area contributed by atoms with Crippen molar-refractivity contribution < 1.29 is 19.0 Å². The molecular weight excluding hydrogens is 402 g/mol. The Kier molecular flexibility index (Phi) is 10.6. The van der Waals surface area contributed by atoms with E-state index in [1.165, 1.54) is 0 Å². The fourth-order valence-electron chi connectivity index (χ4n) is 3.44. The van der Waals surface area contributed by atoms with E-state index in [4.69, 9.17) is 14.2 Å². The fraction of sp³-hybridized carbons (Fsp3) is 0.480. The van der Waals surface area contributed by atoms with Gasteiger partial charge < -0.3 is 14.2 Å². The second-order valence-electron chi connectivity index (χ2n) is 8.52. The average molecular weight is 438 g/mol. The molecule has 1 unspecified atom stereocenters. The van der Waals surface area contributed by atoms with Crippen molar-refractivity contribution >= 4 is 38.3 Å². The van der Waals surface area contributed by atoms with Gasteiger partial charge in [-0.25, -0.2) is 0 Å². The molecule has 0 aromatic heterocycles. The predicted octanol–water partition coefficient (Wildman–Crippen LogP) is 5.47. The summed E-state index contributed by atoms with van der Waals surface area (Å²) >= 11 is 0. The number of benzene rings is 2. The van der Waals surface area contributed by atoms with Gasteiger partial charge in [-0.15, -0.1) is 0 Å². The molecule has 2 rings (SSSR count). The molecule has 0 radical (unpaired) electrons. The zero-order valence-electron chi connectivity index (χ0n) is 19.7. The third-order valence-corrected chi connectivity index (χ3v) is 5.50. The van der Waals surface area contributed by atoms with Gasteiger partial charge in [0.05, 0.1) is 23.6 Å². The Morgan fingerprint density at radius 3 is 1.55 bits per heavy atom. The van der Waals surface area contributed by atoms with E-state index in [1.807, 2.05) is 74.4 Å². The van der Waals surface area contributed by atoms with Crippen LogP contribution in [-0.2, 0) is 0 Å². The molecule has 0 N–H and O–H groups in total. The van der Waals surface area contributed by atoms with Gasteiger partial charge in [0.1, 0.15) is 17.2 Å². The van der Waals surface area contributed by atoms with Crippen LogP contribution in [0.25, 0.3) is 0 Å². The van der Waals surface area contributed by atoms with Crippen LogP contribution in [0.1, 0.15) is 68.6 Å². The molecule has 2 aromatic carbocycles. The molecule has 2 aromatic rings. The van der Waals surface area contributed by atoms with Crippen molar-refractivity contribution in [3.63, 3.8) is 0 Å². The van der Waals surface area contributed by atoms with Crippen molar-refractivity contribution in [2.75, 3.05) is 0 Å². The van der Waals surface area contributed by atoms with E-state index in [9.17, 15) is 4.79 Å². The van der Waals surface area contributed by atoms with Crippen LogP contribution in [0.15, 0.2) is 24.3 Å². The summed E-state index contributed by atoms with van der Waals surface area (Å²) in [6, 6.07) is 7.86. The summed E-state index contributed by atoms with van der Waals surface area (Å²) in [5.74, 6) is 1.97. The van der Waals surface area contributed by atoms with Crippen molar-refractivity contribution in [2.45, 2.75) is 80.6 Å². The normalized spacial score (nSPS) is 11.4. The second kappa shape index (κ2) is 12.0. The Hall–Kier alpha value is -1.46. The van der Waals surface area contributed by atoms with Crippen LogP contribution < -0.4 is 19.5 Å². The van der Waals surface area contributed by atoms with Crippen molar-refractivity contribution in [1.29, 1.82) is 0 Å². The van der Waals surface area contributed by atoms with Crippen LogP contribution in [0.4, 0.5) is 0 Å². The Morgan fingerprint density at radius 1 is 0.742 bits per heavy atom. The van der Waals surface area contributed by atoms with Crippen molar-refractivity contribution in [3.05, 3.63) is 46.5 Å². The van der Waals surface area contributed by atoms with Gasteiger partial charge in [0.15, 0.2) is 5.52 Å². The molecule has 0 aliphatic rings. The van der Waals surface area contributed by atoms with Crippen LogP contribution in [0.2, 0.25) is 0 Å². The van der Waals surface area contributed by atoms with E-state index in [0.717, 1.165) is 27.6 Å². The first-order valence-corrected chi connectivity index (χ1v) is 11.5. The molecule has 0 fully saturated rings. The number of rotatable bonds is 9. The standard InChI is InChI=1S/C25H35O4P.Li.H/c1-14(2)27-20-12-21(28-15(3)4)24(22(13-20)29-16(5)6)30-25(26)23-18(8)10-17(7)11-19(23)9;;/h10-16,30H,1-9H3;;. The molecule has 0 saturated carbocycles. The van der Waals surface area contributed by atoms with E-state index in [1.54, 1.807) is 0 Å². The molecule has 1 atom stereocenters. The number of aryl methyl sites for hydroxylation is 3. The molecule has 0 spiro atoms. The molecule has 0 heterocycles. The quantitative estimate of drug-likeness (QED) is 0.385. The molecule has 166 valence electrons. The van der Waals surface area contributed by atoms with E-state index in [0.29, 0.717) is 17.2 Å². The first kappa shape index (κ1) is 27.6. The van der Waals surface area contributed by atoms with Crippen LogP contribution in [0.3, 0.4) is 0 Å². The number of hydrogen-bond acceptors (Lipinski definition) is 4. The first-order valence-electron chi connectivity index (χ1n) is 10.5. The molecule has 0 saturated heterocycles. The van der Waals surface area contributed by atoms with Gasteiger partial charge in [0, 0.05) is 17.7 Å². The van der Waals surface area contributed by atoms with E-state index in [-0.39, 0.29) is 51.3 Å². The summed E-state index contributed by atoms with van der Waals surface area (Å²) in [4.78, 5) is 13.4.